The Hall–Kier alpha value is -1.64. The molecule has 3 heteroatoms. The molecular weight excluding hydrogens is 252 g/mol. The Kier molecular flexibility index (Phi) is 3.36. The summed E-state index contributed by atoms with van der Waals surface area (Å²) < 4.78 is 6.22. The molecule has 1 fully saturated rings. The Morgan fingerprint density at radius 1 is 1.30 bits per heavy atom. The SMILES string of the molecule is CCCCC12CCCC(=O)C1C(=O)c1ccccc1O2. The molecule has 1 aliphatic carbocycles. The topological polar surface area (TPSA) is 43.4 Å². The highest BCUT2D eigenvalue weighted by Crippen LogP contribution is 2.46. The summed E-state index contributed by atoms with van der Waals surface area (Å²) in [6.07, 6.45) is 4.97. The summed E-state index contributed by atoms with van der Waals surface area (Å²) in [5, 5.41) is 0. The molecule has 0 saturated heterocycles. The molecule has 0 spiro atoms. The fraction of sp³-hybridized carbons (Fsp3) is 0.529. The third kappa shape index (κ3) is 1.96. The van der Waals surface area contributed by atoms with Crippen molar-refractivity contribution in [3.8, 4) is 5.75 Å². The van der Waals surface area contributed by atoms with Crippen molar-refractivity contribution in [2.75, 3.05) is 0 Å². The van der Waals surface area contributed by atoms with Crippen molar-refractivity contribution in [1.82, 2.24) is 0 Å². The first-order chi connectivity index (χ1) is 9.68. The van der Waals surface area contributed by atoms with Gasteiger partial charge in [0.15, 0.2) is 5.78 Å². The van der Waals surface area contributed by atoms with Gasteiger partial charge in [-0.05, 0) is 37.8 Å². The third-order valence-corrected chi connectivity index (χ3v) is 4.55. The average Bonchev–Trinajstić information content (AvgIpc) is 2.45. The van der Waals surface area contributed by atoms with Crippen LogP contribution in [0.25, 0.3) is 0 Å². The summed E-state index contributed by atoms with van der Waals surface area (Å²) in [5.41, 5.74) is -0.0172. The first-order valence-electron chi connectivity index (χ1n) is 7.53. The van der Waals surface area contributed by atoms with Gasteiger partial charge in [0.25, 0.3) is 0 Å². The zero-order valence-electron chi connectivity index (χ0n) is 11.9. The van der Waals surface area contributed by atoms with Gasteiger partial charge in [-0.3, -0.25) is 9.59 Å². The zero-order valence-corrected chi connectivity index (χ0v) is 11.9. The highest BCUT2D eigenvalue weighted by Gasteiger charge is 2.54. The minimum absolute atomic E-state index is 0.0346. The fourth-order valence-electron chi connectivity index (χ4n) is 3.57. The normalized spacial score (nSPS) is 28.6. The molecule has 1 aliphatic heterocycles. The second-order valence-corrected chi connectivity index (χ2v) is 5.88. The number of hydrogen-bond acceptors (Lipinski definition) is 3. The summed E-state index contributed by atoms with van der Waals surface area (Å²) in [7, 11) is 0. The maximum Gasteiger partial charge on any atom is 0.181 e. The largest absolute Gasteiger partial charge is 0.485 e. The van der Waals surface area contributed by atoms with Crippen LogP contribution >= 0.6 is 0 Å². The highest BCUT2D eigenvalue weighted by atomic mass is 16.5. The van der Waals surface area contributed by atoms with Gasteiger partial charge in [0.05, 0.1) is 5.56 Å². The lowest BCUT2D eigenvalue weighted by Crippen LogP contribution is -2.56. The minimum Gasteiger partial charge on any atom is -0.485 e. The van der Waals surface area contributed by atoms with E-state index >= 15 is 0 Å². The van der Waals surface area contributed by atoms with Crippen LogP contribution in [0, 0.1) is 5.92 Å². The Morgan fingerprint density at radius 3 is 2.90 bits per heavy atom. The van der Waals surface area contributed by atoms with Crippen molar-refractivity contribution in [3.05, 3.63) is 29.8 Å². The molecule has 0 N–H and O–H groups in total. The van der Waals surface area contributed by atoms with E-state index in [1.165, 1.54) is 0 Å². The Bertz CT molecular complexity index is 549. The van der Waals surface area contributed by atoms with Gasteiger partial charge in [0.1, 0.15) is 23.1 Å². The molecule has 0 radical (unpaired) electrons. The molecule has 0 amide bonds. The molecule has 1 saturated carbocycles. The van der Waals surface area contributed by atoms with Gasteiger partial charge in [-0.1, -0.05) is 25.5 Å². The number of para-hydroxylation sites is 1. The number of carbonyl (C=O) groups is 2. The lowest BCUT2D eigenvalue weighted by Gasteiger charge is -2.45. The van der Waals surface area contributed by atoms with Crippen LogP contribution in [0.3, 0.4) is 0 Å². The molecule has 0 bridgehead atoms. The van der Waals surface area contributed by atoms with Crippen molar-refractivity contribution in [2.24, 2.45) is 5.92 Å². The van der Waals surface area contributed by atoms with Gasteiger partial charge >= 0.3 is 0 Å². The van der Waals surface area contributed by atoms with Crippen LogP contribution in [-0.4, -0.2) is 17.2 Å². The van der Waals surface area contributed by atoms with E-state index in [1.807, 2.05) is 18.2 Å². The van der Waals surface area contributed by atoms with Crippen LogP contribution < -0.4 is 4.74 Å². The molecule has 3 nitrogen and oxygen atoms in total. The van der Waals surface area contributed by atoms with Crippen LogP contribution in [0.2, 0.25) is 0 Å². The molecule has 2 aliphatic rings. The van der Waals surface area contributed by atoms with E-state index in [4.69, 9.17) is 4.74 Å². The summed E-state index contributed by atoms with van der Waals surface area (Å²) >= 11 is 0. The van der Waals surface area contributed by atoms with Gasteiger partial charge in [0.2, 0.25) is 0 Å². The smallest absolute Gasteiger partial charge is 0.181 e. The average molecular weight is 272 g/mol. The summed E-state index contributed by atoms with van der Waals surface area (Å²) in [6, 6.07) is 7.32. The van der Waals surface area contributed by atoms with Gasteiger partial charge in [-0.25, -0.2) is 0 Å². The molecule has 3 rings (SSSR count). The summed E-state index contributed by atoms with van der Waals surface area (Å²) in [6.45, 7) is 2.12. The zero-order chi connectivity index (χ0) is 14.2. The molecule has 0 aromatic heterocycles. The van der Waals surface area contributed by atoms with E-state index in [1.54, 1.807) is 6.07 Å². The van der Waals surface area contributed by atoms with E-state index in [0.29, 0.717) is 17.7 Å². The molecule has 106 valence electrons. The number of ketones is 2. The lowest BCUT2D eigenvalue weighted by molar-refractivity contribution is -0.133. The Balaban J connectivity index is 2.06. The monoisotopic (exact) mass is 272 g/mol. The number of Topliss-reactive ketones (excluding diaryl/α,β-unsaturated/α-hetero) is 2. The van der Waals surface area contributed by atoms with Crippen molar-refractivity contribution in [2.45, 2.75) is 51.0 Å². The second-order valence-electron chi connectivity index (χ2n) is 5.88. The van der Waals surface area contributed by atoms with Crippen LogP contribution in [0.1, 0.15) is 55.8 Å². The van der Waals surface area contributed by atoms with E-state index in [-0.39, 0.29) is 11.6 Å². The number of ether oxygens (including phenoxy) is 1. The lowest BCUT2D eigenvalue weighted by atomic mass is 9.67. The number of rotatable bonds is 3. The van der Waals surface area contributed by atoms with E-state index in [2.05, 4.69) is 6.92 Å². The van der Waals surface area contributed by atoms with Gasteiger partial charge in [0, 0.05) is 6.42 Å². The van der Waals surface area contributed by atoms with Crippen molar-refractivity contribution in [3.63, 3.8) is 0 Å². The molecular formula is C17H20O3. The van der Waals surface area contributed by atoms with Gasteiger partial charge < -0.3 is 4.74 Å². The van der Waals surface area contributed by atoms with Gasteiger partial charge in [-0.15, -0.1) is 0 Å². The minimum atomic E-state index is -0.587. The number of benzene rings is 1. The van der Waals surface area contributed by atoms with Crippen molar-refractivity contribution >= 4 is 11.6 Å². The summed E-state index contributed by atoms with van der Waals surface area (Å²) in [5.74, 6) is 0.0942. The highest BCUT2D eigenvalue weighted by molar-refractivity contribution is 6.14. The second kappa shape index (κ2) is 5.04. The van der Waals surface area contributed by atoms with Crippen LogP contribution in [-0.2, 0) is 4.79 Å². The van der Waals surface area contributed by atoms with E-state index in [0.717, 1.165) is 32.1 Å². The summed E-state index contributed by atoms with van der Waals surface area (Å²) in [4.78, 5) is 25.0. The first kappa shape index (κ1) is 13.3. The Labute approximate surface area is 119 Å². The van der Waals surface area contributed by atoms with Crippen molar-refractivity contribution in [1.29, 1.82) is 0 Å². The first-order valence-corrected chi connectivity index (χ1v) is 7.53. The van der Waals surface area contributed by atoms with E-state index < -0.39 is 11.5 Å². The molecule has 20 heavy (non-hydrogen) atoms. The standard InChI is InChI=1S/C17H20O3/c1-2-3-10-17-11-6-8-13(18)15(17)16(19)12-7-4-5-9-14(12)20-17/h4-5,7,9,15H,2-3,6,8,10-11H2,1H3. The quantitative estimate of drug-likeness (QED) is 0.790. The molecule has 2 unspecified atom stereocenters. The van der Waals surface area contributed by atoms with Crippen LogP contribution in [0.4, 0.5) is 0 Å². The maximum atomic E-state index is 12.7. The maximum absolute atomic E-state index is 12.7. The number of hydrogen-bond donors (Lipinski definition) is 0. The third-order valence-electron chi connectivity index (χ3n) is 4.55. The molecule has 1 heterocycles. The van der Waals surface area contributed by atoms with E-state index in [9.17, 15) is 9.59 Å². The molecule has 1 aromatic rings. The van der Waals surface area contributed by atoms with Gasteiger partial charge in [-0.2, -0.15) is 0 Å². The Morgan fingerprint density at radius 2 is 2.10 bits per heavy atom. The predicted octanol–water partition coefficient (Wildman–Crippen LogP) is 3.56. The predicted molar refractivity (Wildman–Crippen MR) is 76.0 cm³/mol. The fourth-order valence-corrected chi connectivity index (χ4v) is 3.57. The number of fused-ring (bicyclic) bond motifs is 2. The van der Waals surface area contributed by atoms with Crippen molar-refractivity contribution < 1.29 is 14.3 Å². The number of carbonyl (C=O) groups excluding carboxylic acids is 2. The van der Waals surface area contributed by atoms with Crippen LogP contribution in [0.15, 0.2) is 24.3 Å². The number of unbranched alkanes of at least 4 members (excludes halogenated alkanes) is 1. The molecule has 2 atom stereocenters. The molecule has 1 aromatic carbocycles. The van der Waals surface area contributed by atoms with Crippen LogP contribution in [0.5, 0.6) is 5.75 Å².